The normalized spacial score (nSPS) is 14.8. The van der Waals surface area contributed by atoms with Gasteiger partial charge in [0.15, 0.2) is 0 Å². The van der Waals surface area contributed by atoms with E-state index in [0.717, 1.165) is 24.3 Å². The van der Waals surface area contributed by atoms with Gasteiger partial charge < -0.3 is 0 Å². The topological polar surface area (TPSA) is 41.4 Å². The third-order valence-electron chi connectivity index (χ3n) is 4.24. The highest BCUT2D eigenvalue weighted by atomic mass is 35.5. The zero-order valence-corrected chi connectivity index (χ0v) is 15.5. The summed E-state index contributed by atoms with van der Waals surface area (Å²) in [5, 5.41) is 1.12. The summed E-state index contributed by atoms with van der Waals surface area (Å²) >= 11 is 12.3. The van der Waals surface area contributed by atoms with Crippen LogP contribution in [-0.2, 0) is 6.67 Å². The van der Waals surface area contributed by atoms with Crippen LogP contribution in [0.5, 0.6) is 0 Å². The number of anilines is 2. The summed E-state index contributed by atoms with van der Waals surface area (Å²) in [6.07, 6.45) is 1.01. The van der Waals surface area contributed by atoms with Crippen LogP contribution in [-0.4, -0.2) is 27.7 Å². The maximum atomic E-state index is 12.7. The summed E-state index contributed by atoms with van der Waals surface area (Å²) in [6.45, 7) is 7.87. The summed E-state index contributed by atoms with van der Waals surface area (Å²) in [5.74, 6) is 0.633. The molecule has 1 aromatic carbocycles. The molecule has 128 valence electrons. The fourth-order valence-corrected chi connectivity index (χ4v) is 3.45. The van der Waals surface area contributed by atoms with Gasteiger partial charge in [0.2, 0.25) is 5.95 Å². The number of nitrogens with zero attached hydrogens (tertiary/aromatic N) is 4. The SMILES string of the molecule is CCCN1CN(c2cc(Cl)cc(Cl)c2)c2nc(C)c(C)c(=O)n2C1. The molecule has 0 radical (unpaired) electrons. The van der Waals surface area contributed by atoms with Crippen molar-refractivity contribution in [1.82, 2.24) is 14.5 Å². The zero-order chi connectivity index (χ0) is 17.4. The van der Waals surface area contributed by atoms with Gasteiger partial charge in [-0.2, -0.15) is 0 Å². The molecule has 0 aliphatic carbocycles. The molecule has 0 bridgehead atoms. The van der Waals surface area contributed by atoms with Gasteiger partial charge in [-0.15, -0.1) is 0 Å². The van der Waals surface area contributed by atoms with Gasteiger partial charge >= 0.3 is 0 Å². The van der Waals surface area contributed by atoms with Crippen LogP contribution in [0, 0.1) is 13.8 Å². The third kappa shape index (κ3) is 3.16. The largest absolute Gasteiger partial charge is 0.298 e. The molecule has 0 fully saturated rings. The molecule has 0 spiro atoms. The molecule has 0 atom stereocenters. The Morgan fingerprint density at radius 3 is 2.42 bits per heavy atom. The Bertz CT molecular complexity index is 814. The number of fused-ring (bicyclic) bond motifs is 1. The van der Waals surface area contributed by atoms with Crippen LogP contribution < -0.4 is 10.5 Å². The molecule has 1 aliphatic heterocycles. The number of aromatic nitrogens is 2. The molecule has 0 saturated carbocycles. The Morgan fingerprint density at radius 1 is 1.12 bits per heavy atom. The fourth-order valence-electron chi connectivity index (χ4n) is 2.93. The number of hydrogen-bond acceptors (Lipinski definition) is 4. The van der Waals surface area contributed by atoms with Gasteiger partial charge in [0, 0.05) is 33.5 Å². The lowest BCUT2D eigenvalue weighted by molar-refractivity contribution is 0.198. The first kappa shape index (κ1) is 17.3. The first-order valence-corrected chi connectivity index (χ1v) is 8.70. The molecule has 1 aliphatic rings. The van der Waals surface area contributed by atoms with E-state index in [4.69, 9.17) is 23.2 Å². The second kappa shape index (κ2) is 6.75. The number of aryl methyl sites for hydroxylation is 1. The average Bonchev–Trinajstić information content (AvgIpc) is 2.52. The molecule has 0 amide bonds. The van der Waals surface area contributed by atoms with Crippen LogP contribution in [0.2, 0.25) is 10.0 Å². The van der Waals surface area contributed by atoms with Crippen LogP contribution in [0.3, 0.4) is 0 Å². The Morgan fingerprint density at radius 2 is 1.79 bits per heavy atom. The lowest BCUT2D eigenvalue weighted by atomic mass is 10.2. The first-order chi connectivity index (χ1) is 11.4. The maximum Gasteiger partial charge on any atom is 0.259 e. The Kier molecular flexibility index (Phi) is 4.85. The third-order valence-corrected chi connectivity index (χ3v) is 4.68. The summed E-state index contributed by atoms with van der Waals surface area (Å²) < 4.78 is 1.72. The van der Waals surface area contributed by atoms with E-state index in [2.05, 4.69) is 16.8 Å². The summed E-state index contributed by atoms with van der Waals surface area (Å²) in [4.78, 5) is 21.6. The predicted molar refractivity (Wildman–Crippen MR) is 98.4 cm³/mol. The summed E-state index contributed by atoms with van der Waals surface area (Å²) in [7, 11) is 0. The Hall–Kier alpha value is -1.56. The first-order valence-electron chi connectivity index (χ1n) is 7.94. The van der Waals surface area contributed by atoms with Gasteiger partial charge in [0.05, 0.1) is 13.3 Å². The van der Waals surface area contributed by atoms with Crippen LogP contribution in [0.15, 0.2) is 23.0 Å². The van der Waals surface area contributed by atoms with Crippen molar-refractivity contribution in [3.05, 3.63) is 49.9 Å². The predicted octanol–water partition coefficient (Wildman–Crippen LogP) is 3.95. The minimum absolute atomic E-state index is 0.00331. The van der Waals surface area contributed by atoms with E-state index < -0.39 is 0 Å². The number of hydrogen-bond donors (Lipinski definition) is 0. The molecule has 0 unspecified atom stereocenters. The number of rotatable bonds is 3. The van der Waals surface area contributed by atoms with E-state index in [1.54, 1.807) is 10.6 Å². The molecule has 5 nitrogen and oxygen atoms in total. The van der Waals surface area contributed by atoms with Crippen molar-refractivity contribution in [2.75, 3.05) is 18.1 Å². The summed E-state index contributed by atoms with van der Waals surface area (Å²) in [6, 6.07) is 5.38. The molecule has 7 heteroatoms. The van der Waals surface area contributed by atoms with Gasteiger partial charge in [0.25, 0.3) is 5.56 Å². The molecule has 2 aromatic rings. The molecule has 3 rings (SSSR count). The molecule has 24 heavy (non-hydrogen) atoms. The lowest BCUT2D eigenvalue weighted by Gasteiger charge is -2.38. The molecule has 0 saturated heterocycles. The summed E-state index contributed by atoms with van der Waals surface area (Å²) in [5.41, 5.74) is 2.25. The quantitative estimate of drug-likeness (QED) is 0.824. The smallest absolute Gasteiger partial charge is 0.259 e. The molecular weight excluding hydrogens is 347 g/mol. The van der Waals surface area contributed by atoms with Gasteiger partial charge in [-0.25, -0.2) is 4.98 Å². The Labute approximate surface area is 151 Å². The van der Waals surface area contributed by atoms with E-state index in [0.29, 0.717) is 34.9 Å². The van der Waals surface area contributed by atoms with Crippen LogP contribution in [0.4, 0.5) is 11.6 Å². The van der Waals surface area contributed by atoms with E-state index in [1.807, 2.05) is 30.9 Å². The van der Waals surface area contributed by atoms with Crippen molar-refractivity contribution in [3.63, 3.8) is 0 Å². The van der Waals surface area contributed by atoms with Crippen molar-refractivity contribution < 1.29 is 0 Å². The maximum absolute atomic E-state index is 12.7. The average molecular weight is 367 g/mol. The fraction of sp³-hybridized carbons (Fsp3) is 0.412. The van der Waals surface area contributed by atoms with Gasteiger partial charge in [-0.1, -0.05) is 30.1 Å². The Balaban J connectivity index is 2.17. The highest BCUT2D eigenvalue weighted by molar-refractivity contribution is 6.35. The highest BCUT2D eigenvalue weighted by Gasteiger charge is 2.27. The molecule has 2 heterocycles. The van der Waals surface area contributed by atoms with E-state index in [-0.39, 0.29) is 5.56 Å². The van der Waals surface area contributed by atoms with Crippen molar-refractivity contribution in [2.45, 2.75) is 33.9 Å². The van der Waals surface area contributed by atoms with Crippen LogP contribution in [0.1, 0.15) is 24.6 Å². The molecular formula is C17H20Cl2N4O. The van der Waals surface area contributed by atoms with Crippen molar-refractivity contribution in [1.29, 1.82) is 0 Å². The van der Waals surface area contributed by atoms with E-state index in [1.165, 1.54) is 0 Å². The van der Waals surface area contributed by atoms with Crippen molar-refractivity contribution in [3.8, 4) is 0 Å². The second-order valence-corrected chi connectivity index (χ2v) is 6.96. The minimum Gasteiger partial charge on any atom is -0.298 e. The van der Waals surface area contributed by atoms with Crippen LogP contribution >= 0.6 is 23.2 Å². The lowest BCUT2D eigenvalue weighted by Crippen LogP contribution is -2.48. The van der Waals surface area contributed by atoms with E-state index >= 15 is 0 Å². The monoisotopic (exact) mass is 366 g/mol. The molecule has 0 N–H and O–H groups in total. The minimum atomic E-state index is -0.00331. The second-order valence-electron chi connectivity index (χ2n) is 6.09. The number of benzene rings is 1. The van der Waals surface area contributed by atoms with Crippen molar-refractivity contribution >= 4 is 34.8 Å². The highest BCUT2D eigenvalue weighted by Crippen LogP contribution is 2.32. The van der Waals surface area contributed by atoms with Crippen LogP contribution in [0.25, 0.3) is 0 Å². The standard InChI is InChI=1S/C17H20Cl2N4O/c1-4-5-21-9-22(15-7-13(18)6-14(19)8-15)17-20-12(3)11(2)16(24)23(17)10-21/h6-8H,4-5,9-10H2,1-3H3. The van der Waals surface area contributed by atoms with Gasteiger partial charge in [0.1, 0.15) is 0 Å². The van der Waals surface area contributed by atoms with Crippen molar-refractivity contribution in [2.24, 2.45) is 0 Å². The number of halogens is 2. The van der Waals surface area contributed by atoms with E-state index in [9.17, 15) is 4.79 Å². The zero-order valence-electron chi connectivity index (χ0n) is 14.0. The van der Waals surface area contributed by atoms with Gasteiger partial charge in [-0.05, 0) is 38.5 Å². The molecule has 1 aromatic heterocycles. The van der Waals surface area contributed by atoms with Gasteiger partial charge in [-0.3, -0.25) is 19.2 Å².